The molecule has 1 saturated heterocycles. The Kier molecular flexibility index (Phi) is 4.55. The Morgan fingerprint density at radius 2 is 1.88 bits per heavy atom. The zero-order chi connectivity index (χ0) is 17.2. The van der Waals surface area contributed by atoms with Gasteiger partial charge in [-0.05, 0) is 30.4 Å². The molecule has 1 amide bonds. The number of likely N-dealkylation sites (tertiary alicyclic amines) is 1. The lowest BCUT2D eigenvalue weighted by atomic mass is 9.84. The van der Waals surface area contributed by atoms with Crippen LogP contribution in [0.1, 0.15) is 54.1 Å². The summed E-state index contributed by atoms with van der Waals surface area (Å²) >= 11 is 0. The topological polar surface area (TPSA) is 49.0 Å². The highest BCUT2D eigenvalue weighted by atomic mass is 19.1. The van der Waals surface area contributed by atoms with Crippen LogP contribution in [0.25, 0.3) is 11.3 Å². The molecule has 2 aromatic rings. The predicted octanol–water partition coefficient (Wildman–Crippen LogP) is 4.17. The molecule has 1 saturated carbocycles. The van der Waals surface area contributed by atoms with Gasteiger partial charge in [-0.15, -0.1) is 0 Å². The number of amides is 1. The monoisotopic (exact) mass is 341 g/mol. The Bertz CT molecular complexity index is 728. The van der Waals surface area contributed by atoms with Gasteiger partial charge in [0.15, 0.2) is 0 Å². The van der Waals surface area contributed by atoms with Gasteiger partial charge in [0.25, 0.3) is 5.91 Å². The third-order valence-electron chi connectivity index (χ3n) is 5.55. The number of rotatable bonds is 4. The van der Waals surface area contributed by atoms with E-state index in [1.165, 1.54) is 37.7 Å². The van der Waals surface area contributed by atoms with Gasteiger partial charge >= 0.3 is 0 Å². The van der Waals surface area contributed by atoms with Gasteiger partial charge in [0.2, 0.25) is 0 Å². The van der Waals surface area contributed by atoms with Crippen LogP contribution >= 0.6 is 0 Å². The number of aromatic amines is 1. The van der Waals surface area contributed by atoms with Crippen LogP contribution in [0.4, 0.5) is 4.39 Å². The lowest BCUT2D eigenvalue weighted by Crippen LogP contribution is -2.50. The van der Waals surface area contributed by atoms with Crippen molar-refractivity contribution in [3.05, 3.63) is 41.6 Å². The molecule has 1 aromatic heterocycles. The van der Waals surface area contributed by atoms with E-state index in [1.807, 2.05) is 0 Å². The van der Waals surface area contributed by atoms with Gasteiger partial charge in [0.1, 0.15) is 5.69 Å². The average molecular weight is 341 g/mol. The Labute approximate surface area is 147 Å². The minimum absolute atomic E-state index is 0.00123. The number of hydrogen-bond donors (Lipinski definition) is 1. The van der Waals surface area contributed by atoms with Gasteiger partial charge in [0, 0.05) is 24.6 Å². The van der Waals surface area contributed by atoms with E-state index in [4.69, 9.17) is 0 Å². The maximum Gasteiger partial charge on any atom is 0.271 e. The van der Waals surface area contributed by atoms with Crippen LogP contribution in [-0.2, 0) is 0 Å². The van der Waals surface area contributed by atoms with Crippen molar-refractivity contribution in [3.8, 4) is 11.3 Å². The highest BCUT2D eigenvalue weighted by molar-refractivity contribution is 5.93. The third-order valence-corrected chi connectivity index (χ3v) is 5.55. The van der Waals surface area contributed by atoms with E-state index in [-0.39, 0.29) is 18.5 Å². The van der Waals surface area contributed by atoms with Crippen molar-refractivity contribution >= 4 is 5.91 Å². The van der Waals surface area contributed by atoms with Crippen molar-refractivity contribution < 1.29 is 9.18 Å². The van der Waals surface area contributed by atoms with Gasteiger partial charge in [-0.1, -0.05) is 43.5 Å². The maximum absolute atomic E-state index is 12.5. The number of alkyl halides is 1. The number of nitrogens with zero attached hydrogens (tertiary/aromatic N) is 2. The van der Waals surface area contributed by atoms with Gasteiger partial charge in [-0.3, -0.25) is 14.3 Å². The smallest absolute Gasteiger partial charge is 0.271 e. The lowest BCUT2D eigenvalue weighted by Gasteiger charge is -2.37. The summed E-state index contributed by atoms with van der Waals surface area (Å²) in [6, 6.07) is 10.4. The average Bonchev–Trinajstić information content (AvgIpc) is 3.12. The molecule has 1 aromatic carbocycles. The van der Waals surface area contributed by atoms with E-state index in [9.17, 15) is 9.18 Å². The molecular weight excluding hydrogens is 317 g/mol. The van der Waals surface area contributed by atoms with Crippen molar-refractivity contribution in [2.24, 2.45) is 5.92 Å². The normalized spacial score (nSPS) is 19.0. The highest BCUT2D eigenvalue weighted by Gasteiger charge is 2.31. The molecule has 0 unspecified atom stereocenters. The van der Waals surface area contributed by atoms with Crippen molar-refractivity contribution in [2.45, 2.75) is 38.0 Å². The zero-order valence-electron chi connectivity index (χ0n) is 14.4. The first-order chi connectivity index (χ1) is 12.2. The zero-order valence-corrected chi connectivity index (χ0v) is 14.4. The Morgan fingerprint density at radius 3 is 2.56 bits per heavy atom. The van der Waals surface area contributed by atoms with Crippen molar-refractivity contribution in [1.29, 1.82) is 0 Å². The number of benzene rings is 1. The molecule has 0 atom stereocenters. The van der Waals surface area contributed by atoms with Crippen LogP contribution in [0.3, 0.4) is 0 Å². The minimum atomic E-state index is -0.356. The SMILES string of the molecule is O=C(c1cc(-c2ccc(C3CCCCC3)cc2)n[nH]1)N1CC(CF)C1. The summed E-state index contributed by atoms with van der Waals surface area (Å²) in [6.45, 7) is 0.644. The first-order valence-electron chi connectivity index (χ1n) is 9.25. The molecule has 4 rings (SSSR count). The van der Waals surface area contributed by atoms with Crippen molar-refractivity contribution in [1.82, 2.24) is 15.1 Å². The number of carbonyl (C=O) groups excluding carboxylic acids is 1. The first-order valence-corrected chi connectivity index (χ1v) is 9.25. The molecule has 1 aliphatic heterocycles. The summed E-state index contributed by atoms with van der Waals surface area (Å²) in [5.74, 6) is 0.593. The molecule has 132 valence electrons. The van der Waals surface area contributed by atoms with E-state index < -0.39 is 0 Å². The Hall–Kier alpha value is -2.17. The fourth-order valence-electron chi connectivity index (χ4n) is 3.94. The van der Waals surface area contributed by atoms with Gasteiger partial charge in [-0.2, -0.15) is 5.10 Å². The van der Waals surface area contributed by atoms with E-state index in [0.29, 0.717) is 24.7 Å². The second-order valence-electron chi connectivity index (χ2n) is 7.35. The molecule has 4 nitrogen and oxygen atoms in total. The van der Waals surface area contributed by atoms with E-state index in [1.54, 1.807) is 11.0 Å². The number of nitrogens with one attached hydrogen (secondary N) is 1. The summed E-state index contributed by atoms with van der Waals surface area (Å²) in [5, 5.41) is 7.11. The van der Waals surface area contributed by atoms with E-state index in [2.05, 4.69) is 34.5 Å². The van der Waals surface area contributed by atoms with Crippen LogP contribution in [-0.4, -0.2) is 40.8 Å². The lowest BCUT2D eigenvalue weighted by molar-refractivity contribution is 0.0447. The van der Waals surface area contributed by atoms with Crippen molar-refractivity contribution in [3.63, 3.8) is 0 Å². The minimum Gasteiger partial charge on any atom is -0.336 e. The molecular formula is C20H24FN3O. The molecule has 2 aliphatic rings. The molecule has 2 heterocycles. The number of H-pyrrole nitrogens is 1. The van der Waals surface area contributed by atoms with Gasteiger partial charge in [0.05, 0.1) is 12.4 Å². The highest BCUT2D eigenvalue weighted by Crippen LogP contribution is 2.33. The number of aromatic nitrogens is 2. The standard InChI is InChI=1S/C20H24FN3O/c21-11-14-12-24(13-14)20(25)19-10-18(22-23-19)17-8-6-16(7-9-17)15-4-2-1-3-5-15/h6-10,14-15H,1-5,11-13H2,(H,22,23). The fourth-order valence-corrected chi connectivity index (χ4v) is 3.94. The maximum atomic E-state index is 12.5. The van der Waals surface area contributed by atoms with Gasteiger partial charge < -0.3 is 4.90 Å². The van der Waals surface area contributed by atoms with Crippen LogP contribution in [0.2, 0.25) is 0 Å². The van der Waals surface area contributed by atoms with E-state index in [0.717, 1.165) is 11.3 Å². The Balaban J connectivity index is 1.44. The second-order valence-corrected chi connectivity index (χ2v) is 7.35. The largest absolute Gasteiger partial charge is 0.336 e. The quantitative estimate of drug-likeness (QED) is 0.907. The molecule has 0 spiro atoms. The molecule has 0 bridgehead atoms. The molecule has 1 N–H and O–H groups in total. The number of halogens is 1. The molecule has 2 fully saturated rings. The number of carbonyl (C=O) groups is 1. The van der Waals surface area contributed by atoms with Crippen molar-refractivity contribution in [2.75, 3.05) is 19.8 Å². The Morgan fingerprint density at radius 1 is 1.16 bits per heavy atom. The van der Waals surface area contributed by atoms with Crippen LogP contribution in [0.15, 0.2) is 30.3 Å². The van der Waals surface area contributed by atoms with Crippen LogP contribution in [0.5, 0.6) is 0 Å². The second kappa shape index (κ2) is 6.98. The van der Waals surface area contributed by atoms with Crippen LogP contribution < -0.4 is 0 Å². The fraction of sp³-hybridized carbons (Fsp3) is 0.500. The molecule has 25 heavy (non-hydrogen) atoms. The number of hydrogen-bond acceptors (Lipinski definition) is 2. The van der Waals surface area contributed by atoms with Crippen LogP contribution in [0, 0.1) is 5.92 Å². The molecule has 1 aliphatic carbocycles. The summed E-state index contributed by atoms with van der Waals surface area (Å²) < 4.78 is 12.5. The summed E-state index contributed by atoms with van der Waals surface area (Å²) in [5.41, 5.74) is 3.68. The van der Waals surface area contributed by atoms with Gasteiger partial charge in [-0.25, -0.2) is 0 Å². The first kappa shape index (κ1) is 16.3. The molecule has 5 heteroatoms. The summed E-state index contributed by atoms with van der Waals surface area (Å²) in [6.07, 6.45) is 6.60. The third kappa shape index (κ3) is 3.32. The summed E-state index contributed by atoms with van der Waals surface area (Å²) in [4.78, 5) is 14.0. The predicted molar refractivity (Wildman–Crippen MR) is 95.2 cm³/mol. The summed E-state index contributed by atoms with van der Waals surface area (Å²) in [7, 11) is 0. The van der Waals surface area contributed by atoms with E-state index >= 15 is 0 Å². The molecule has 0 radical (unpaired) electrons.